The van der Waals surface area contributed by atoms with Crippen molar-refractivity contribution in [2.24, 2.45) is 0 Å². The van der Waals surface area contributed by atoms with Crippen LogP contribution >= 0.6 is 0 Å². The molecule has 0 atom stereocenters. The van der Waals surface area contributed by atoms with Gasteiger partial charge < -0.3 is 113 Å². The van der Waals surface area contributed by atoms with Gasteiger partial charge in [0.15, 0.2) is 0 Å². The molecule has 0 aliphatic heterocycles. The SMILES string of the molecule is [I-].[I-].[I-].[I-].[Se-2].[Tl+].[Tl+].[Tl+].[Tl+].[Tl+].[Tl+]. The van der Waals surface area contributed by atoms with Crippen LogP contribution in [0.4, 0.5) is 0 Å². The van der Waals surface area contributed by atoms with E-state index in [1.807, 2.05) is 0 Å². The van der Waals surface area contributed by atoms with Gasteiger partial charge in [0.25, 0.3) is 0 Å². The summed E-state index contributed by atoms with van der Waals surface area (Å²) < 4.78 is 0. The molecular formula is I4SeTl6. The fraction of sp³-hybridized carbons (Fsp3) is 0. The van der Waals surface area contributed by atoms with Crippen LogP contribution in [0.25, 0.3) is 0 Å². The Morgan fingerprint density at radius 2 is 0.273 bits per heavy atom. The third kappa shape index (κ3) is 67.9. The van der Waals surface area contributed by atoms with E-state index in [0.717, 1.165) is 0 Å². The summed E-state index contributed by atoms with van der Waals surface area (Å²) in [5.41, 5.74) is 0. The minimum absolute atomic E-state index is 0. The Bertz CT molecular complexity index is 14.5. The monoisotopic (exact) mass is 1820 g/mol. The average Bonchev–Trinajstić information content (AvgIpc) is 0. The van der Waals surface area contributed by atoms with Crippen molar-refractivity contribution in [1.29, 1.82) is 0 Å². The molecule has 0 heterocycles. The molecule has 0 N–H and O–H groups in total. The van der Waals surface area contributed by atoms with Crippen molar-refractivity contribution in [3.63, 3.8) is 0 Å². The molecule has 0 aromatic heterocycles. The second kappa shape index (κ2) is 76.1. The molecular weight excluding hydrogens is 1810 g/mol. The maximum atomic E-state index is 0. The van der Waals surface area contributed by atoms with E-state index in [0.29, 0.717) is 0 Å². The largest absolute Gasteiger partial charge is 2.00 e. The Morgan fingerprint density at radius 1 is 0.273 bits per heavy atom. The van der Waals surface area contributed by atoms with E-state index < -0.39 is 0 Å². The van der Waals surface area contributed by atoms with Crippen molar-refractivity contribution in [3.05, 3.63) is 0 Å². The van der Waals surface area contributed by atoms with Gasteiger partial charge in [-0.3, -0.25) is 0 Å². The fourth-order valence-electron chi connectivity index (χ4n) is 0. The van der Waals surface area contributed by atoms with Gasteiger partial charge >= 0.3 is 164 Å². The van der Waals surface area contributed by atoms with Crippen molar-refractivity contribution < 1.29 is 95.9 Å². The third-order valence-electron chi connectivity index (χ3n) is 0. The molecule has 0 aliphatic carbocycles. The number of halogens is 4. The average molecular weight is 1810 g/mol. The molecule has 0 aliphatic rings. The first-order valence-corrected chi connectivity index (χ1v) is 0. The summed E-state index contributed by atoms with van der Waals surface area (Å²) in [6.07, 6.45) is 0. The molecule has 0 unspecified atom stereocenters. The molecule has 0 spiro atoms. The van der Waals surface area contributed by atoms with Gasteiger partial charge in [0.1, 0.15) is 0 Å². The Labute approximate surface area is 268 Å². The van der Waals surface area contributed by atoms with Crippen molar-refractivity contribution in [3.8, 4) is 0 Å². The van der Waals surface area contributed by atoms with Crippen LogP contribution in [-0.2, 0) is 0 Å². The van der Waals surface area contributed by atoms with Crippen molar-refractivity contribution >= 4 is 181 Å². The van der Waals surface area contributed by atoms with E-state index in [9.17, 15) is 0 Å². The summed E-state index contributed by atoms with van der Waals surface area (Å²) in [7, 11) is 0. The van der Waals surface area contributed by atoms with E-state index in [1.165, 1.54) is 0 Å². The van der Waals surface area contributed by atoms with Crippen molar-refractivity contribution in [2.45, 2.75) is 0 Å². The van der Waals surface area contributed by atoms with Crippen LogP contribution in [0.3, 0.4) is 0 Å². The zero-order valence-corrected chi connectivity index (χ0v) is 42.7. The van der Waals surface area contributed by atoms with E-state index in [2.05, 4.69) is 0 Å². The smallest absolute Gasteiger partial charge is 1.00 e. The molecule has 52 valence electrons. The van der Waals surface area contributed by atoms with Crippen LogP contribution in [0.15, 0.2) is 0 Å². The van der Waals surface area contributed by atoms with Gasteiger partial charge in [-0.15, -0.1) is 0 Å². The second-order valence-electron chi connectivity index (χ2n) is 0. The quantitative estimate of drug-likeness (QED) is 0.168. The van der Waals surface area contributed by atoms with Gasteiger partial charge in [-0.25, -0.2) is 0 Å². The van der Waals surface area contributed by atoms with Gasteiger partial charge in [-0.05, 0) is 0 Å². The third-order valence-corrected chi connectivity index (χ3v) is 0. The summed E-state index contributed by atoms with van der Waals surface area (Å²) in [6.45, 7) is 0. The summed E-state index contributed by atoms with van der Waals surface area (Å²) in [5.74, 6) is 0. The van der Waals surface area contributed by atoms with Gasteiger partial charge in [-0.2, -0.15) is 0 Å². The maximum absolute atomic E-state index is 0. The Kier molecular flexibility index (Phi) is 618. The van der Waals surface area contributed by atoms with Crippen LogP contribution in [0.1, 0.15) is 0 Å². The summed E-state index contributed by atoms with van der Waals surface area (Å²) in [6, 6.07) is 0. The van der Waals surface area contributed by atoms with Crippen LogP contribution < -0.4 is 95.9 Å². The Balaban J connectivity index is 0. The molecule has 0 rings (SSSR count). The first-order chi connectivity index (χ1) is 0. The number of hydrogen-bond acceptors (Lipinski definition) is 0. The summed E-state index contributed by atoms with van der Waals surface area (Å²) >= 11 is 0. The van der Waals surface area contributed by atoms with Gasteiger partial charge in [-0.1, -0.05) is 0 Å². The number of hydrogen-bond donors (Lipinski definition) is 0. The molecule has 0 aromatic carbocycles. The topological polar surface area (TPSA) is 0 Å². The molecule has 0 fully saturated rings. The zero-order valence-electron chi connectivity index (χ0n) is 5.38. The molecule has 0 aromatic rings. The number of rotatable bonds is 0. The fourth-order valence-corrected chi connectivity index (χ4v) is 0. The molecule has 0 amide bonds. The van der Waals surface area contributed by atoms with E-state index in [4.69, 9.17) is 0 Å². The van der Waals surface area contributed by atoms with Crippen LogP contribution in [0.5, 0.6) is 0 Å². The van der Waals surface area contributed by atoms with Gasteiger partial charge in [0, 0.05) is 0 Å². The van der Waals surface area contributed by atoms with Crippen molar-refractivity contribution in [1.82, 2.24) is 0 Å². The Morgan fingerprint density at radius 3 is 0.273 bits per heavy atom. The van der Waals surface area contributed by atoms with E-state index in [-0.39, 0.29) is 277 Å². The van der Waals surface area contributed by atoms with E-state index in [1.54, 1.807) is 0 Å². The van der Waals surface area contributed by atoms with Gasteiger partial charge in [0.2, 0.25) is 0 Å². The van der Waals surface area contributed by atoms with E-state index >= 15 is 0 Å². The van der Waals surface area contributed by atoms with Gasteiger partial charge in [0.05, 0.1) is 0 Å². The second-order valence-corrected chi connectivity index (χ2v) is 0. The minimum Gasteiger partial charge on any atom is -2.00 e. The molecule has 0 saturated heterocycles. The predicted molar refractivity (Wildman–Crippen MR) is 40.3 cm³/mol. The molecule has 0 radical (unpaired) electrons. The summed E-state index contributed by atoms with van der Waals surface area (Å²) in [4.78, 5) is 0. The first-order valence-electron chi connectivity index (χ1n) is 0. The van der Waals surface area contributed by atoms with Crippen molar-refractivity contribution in [2.75, 3.05) is 0 Å². The Hall–Kier alpha value is 8.97. The standard InChI is InChI=1S/4HI.Se.6Tl/h4*1H;;;;;;;/q;;;;-2;6*+1/p-4. The molecule has 11 heteroatoms. The molecule has 0 bridgehead atoms. The first kappa shape index (κ1) is 89.3. The van der Waals surface area contributed by atoms with Crippen LogP contribution in [0.2, 0.25) is 0 Å². The normalized spacial score (nSPS) is 0. The maximum Gasteiger partial charge on any atom is 1.00 e. The molecule has 0 saturated carbocycles. The molecule has 11 heavy (non-hydrogen) atoms. The van der Waals surface area contributed by atoms with Crippen LogP contribution in [0, 0.1) is 0 Å². The van der Waals surface area contributed by atoms with Crippen LogP contribution in [-0.4, -0.2) is 181 Å². The predicted octanol–water partition coefficient (Wildman–Crippen LogP) is -14.6. The molecule has 0 nitrogen and oxygen atoms in total. The summed E-state index contributed by atoms with van der Waals surface area (Å²) in [5, 5.41) is 0. The zero-order chi connectivity index (χ0) is 0. The minimum atomic E-state index is 0.